The van der Waals surface area contributed by atoms with E-state index in [-0.39, 0.29) is 30.1 Å². The van der Waals surface area contributed by atoms with Gasteiger partial charge >= 0.3 is 29.2 Å². The molecule has 5 atom stereocenters. The van der Waals surface area contributed by atoms with Crippen molar-refractivity contribution in [1.82, 2.24) is 29.9 Å². The summed E-state index contributed by atoms with van der Waals surface area (Å²) >= 11 is 0. The Morgan fingerprint density at radius 1 is 1.00 bits per heavy atom. The number of H-pyrrole nitrogens is 1. The monoisotopic (exact) mass is 802 g/mol. The predicted octanol–water partition coefficient (Wildman–Crippen LogP) is 3.41. The lowest BCUT2D eigenvalue weighted by Gasteiger charge is -2.24. The minimum atomic E-state index is -5.74. The van der Waals surface area contributed by atoms with E-state index in [2.05, 4.69) is 34.0 Å². The maximum absolute atomic E-state index is 12.5. The van der Waals surface area contributed by atoms with Crippen LogP contribution < -0.4 is 11.2 Å². The highest BCUT2D eigenvalue weighted by Gasteiger charge is 2.43. The van der Waals surface area contributed by atoms with Gasteiger partial charge in [-0.1, -0.05) is 53.3 Å². The second-order valence-corrected chi connectivity index (χ2v) is 18.5. The number of hydrogen-bond acceptors (Lipinski definition) is 16. The van der Waals surface area contributed by atoms with E-state index in [0.29, 0.717) is 18.1 Å². The van der Waals surface area contributed by atoms with Crippen molar-refractivity contribution < 1.29 is 55.9 Å². The number of phosphoric ester groups is 1. The zero-order valence-corrected chi connectivity index (χ0v) is 30.5. The van der Waals surface area contributed by atoms with Crippen LogP contribution in [0.4, 0.5) is 0 Å². The molecule has 0 spiro atoms. The average molecular weight is 803 g/mol. The molecular formula is C25H37N6O14P3S2. The van der Waals surface area contributed by atoms with E-state index >= 15 is 0 Å². The Balaban J connectivity index is 0.00000676. The second-order valence-electron chi connectivity index (χ2n) is 11.2. The number of aromatic nitrogens is 6. The fourth-order valence-corrected chi connectivity index (χ4v) is 9.75. The lowest BCUT2D eigenvalue weighted by atomic mass is 10.0. The van der Waals surface area contributed by atoms with Crippen LogP contribution >= 0.6 is 45.1 Å². The molecule has 1 aliphatic rings. The van der Waals surface area contributed by atoms with Crippen LogP contribution in [0.2, 0.25) is 0 Å². The van der Waals surface area contributed by atoms with E-state index in [4.69, 9.17) is 23.8 Å². The highest BCUT2D eigenvalue weighted by molar-refractivity contribution is 8.77. The van der Waals surface area contributed by atoms with E-state index < -0.39 is 59.8 Å². The highest BCUT2D eigenvalue weighted by atomic mass is 33.1. The van der Waals surface area contributed by atoms with Crippen molar-refractivity contribution in [2.45, 2.75) is 71.1 Å². The summed E-state index contributed by atoms with van der Waals surface area (Å²) in [5.74, 6) is 0.973. The third-order valence-corrected chi connectivity index (χ3v) is 13.2. The van der Waals surface area contributed by atoms with Crippen LogP contribution in [0, 0.1) is 13.8 Å². The number of rotatable bonds is 16. The molecule has 0 bridgehead atoms. The van der Waals surface area contributed by atoms with Gasteiger partial charge < -0.3 is 29.0 Å². The van der Waals surface area contributed by atoms with Crippen LogP contribution in [0.15, 0.2) is 40.1 Å². The Morgan fingerprint density at radius 2 is 1.64 bits per heavy atom. The molecule has 1 aromatic carbocycles. The predicted molar refractivity (Wildman–Crippen MR) is 182 cm³/mol. The summed E-state index contributed by atoms with van der Waals surface area (Å²) in [4.78, 5) is 63.4. The SMILES string of the molecule is C.Cc1nnc(-c2ccc(CC(C)(C)SSCO[C@@H]3C[C@H](n4cc(C)c(=O)[nH]c4=O)O[C@@H]3COP(=O)(O)OP(=O)(O)OP(=O)(O)O)cc2)nn1. The van der Waals surface area contributed by atoms with Crippen molar-refractivity contribution in [3.05, 3.63) is 68.3 Å². The number of ether oxygens (including phenoxy) is 2. The topological polar surface area (TPSA) is 285 Å². The van der Waals surface area contributed by atoms with Crippen LogP contribution in [0.3, 0.4) is 0 Å². The number of nitrogens with zero attached hydrogens (tertiary/aromatic N) is 5. The van der Waals surface area contributed by atoms with Crippen LogP contribution in [0.1, 0.15) is 50.9 Å². The highest BCUT2D eigenvalue weighted by Crippen LogP contribution is 2.66. The van der Waals surface area contributed by atoms with E-state index in [1.807, 2.05) is 38.1 Å². The van der Waals surface area contributed by atoms with Gasteiger partial charge in [0.15, 0.2) is 5.82 Å². The zero-order chi connectivity index (χ0) is 36.2. The Hall–Kier alpha value is -2.13. The van der Waals surface area contributed by atoms with Gasteiger partial charge in [0.25, 0.3) is 5.56 Å². The molecule has 3 aromatic rings. The Bertz CT molecular complexity index is 1880. The molecule has 0 amide bonds. The van der Waals surface area contributed by atoms with E-state index in [9.17, 15) is 33.1 Å². The summed E-state index contributed by atoms with van der Waals surface area (Å²) in [5.41, 5.74) is 0.649. The second kappa shape index (κ2) is 17.1. The number of phosphoric acid groups is 3. The van der Waals surface area contributed by atoms with Gasteiger partial charge in [0.05, 0.1) is 12.7 Å². The van der Waals surface area contributed by atoms with Gasteiger partial charge in [-0.25, -0.2) is 18.5 Å². The van der Waals surface area contributed by atoms with Crippen molar-refractivity contribution >= 4 is 45.1 Å². The first-order valence-electron chi connectivity index (χ1n) is 14.0. The van der Waals surface area contributed by atoms with Crippen molar-refractivity contribution in [3.8, 4) is 11.4 Å². The summed E-state index contributed by atoms with van der Waals surface area (Å²) in [6, 6.07) is 7.69. The van der Waals surface area contributed by atoms with Crippen molar-refractivity contribution in [3.63, 3.8) is 0 Å². The Morgan fingerprint density at radius 3 is 2.26 bits per heavy atom. The van der Waals surface area contributed by atoms with Gasteiger partial charge in [-0.3, -0.25) is 18.9 Å². The maximum Gasteiger partial charge on any atom is 0.490 e. The van der Waals surface area contributed by atoms with Crippen molar-refractivity contribution in [2.75, 3.05) is 12.5 Å². The van der Waals surface area contributed by atoms with Crippen LogP contribution in [-0.4, -0.2) is 79.0 Å². The maximum atomic E-state index is 12.5. The zero-order valence-electron chi connectivity index (χ0n) is 26.2. The summed E-state index contributed by atoms with van der Waals surface area (Å²) in [6.07, 6.45) is -1.07. The average Bonchev–Trinajstić information content (AvgIpc) is 3.38. The molecule has 5 N–H and O–H groups in total. The lowest BCUT2D eigenvalue weighted by Crippen LogP contribution is -2.33. The number of aromatic amines is 1. The van der Waals surface area contributed by atoms with Gasteiger partial charge in [0.2, 0.25) is 5.82 Å². The van der Waals surface area contributed by atoms with Crippen LogP contribution in [0.5, 0.6) is 0 Å². The molecule has 50 heavy (non-hydrogen) atoms. The van der Waals surface area contributed by atoms with Gasteiger partial charge in [-0.15, -0.1) is 20.4 Å². The Kier molecular flexibility index (Phi) is 14.5. The molecule has 2 unspecified atom stereocenters. The summed E-state index contributed by atoms with van der Waals surface area (Å²) in [5, 5.41) is 15.9. The van der Waals surface area contributed by atoms with E-state index in [1.54, 1.807) is 6.92 Å². The van der Waals surface area contributed by atoms with E-state index in [0.717, 1.165) is 15.7 Å². The van der Waals surface area contributed by atoms with Gasteiger partial charge in [0, 0.05) is 28.5 Å². The summed E-state index contributed by atoms with van der Waals surface area (Å²) in [7, 11) is -13.9. The third-order valence-electron chi connectivity index (χ3n) is 6.49. The smallest absolute Gasteiger partial charge is 0.364 e. The standard InChI is InChI=1S/C24H33N6O14P3S2.CH4/c1-14-11-30(23(32)25-22(14)31)20-9-18(19(42-20)12-41-46(36,37)44-47(38,39)43-45(33,34)35)40-13-48-49-24(3,4)10-16-5-7-17(8-6-16)21-28-26-15(2)27-29-21;/h5-8,11,18-20H,9-10,12-13H2,1-4H3,(H,36,37)(H,38,39)(H,25,31,32)(H2,33,34,35);1H4/t18-,19-,20-;/m1./s1. The molecule has 278 valence electrons. The molecule has 2 aromatic heterocycles. The molecule has 0 aliphatic carbocycles. The lowest BCUT2D eigenvalue weighted by molar-refractivity contribution is -0.0543. The molecule has 4 rings (SSSR count). The first-order chi connectivity index (χ1) is 22.7. The summed E-state index contributed by atoms with van der Waals surface area (Å²) in [6.45, 7) is 6.46. The first-order valence-corrected chi connectivity index (χ1v) is 20.9. The molecular weight excluding hydrogens is 765 g/mol. The van der Waals surface area contributed by atoms with Crippen LogP contribution in [-0.2, 0) is 42.7 Å². The molecule has 20 nitrogen and oxygen atoms in total. The minimum Gasteiger partial charge on any atom is -0.364 e. The minimum absolute atomic E-state index is 0. The molecule has 1 aliphatic heterocycles. The van der Waals surface area contributed by atoms with Crippen LogP contribution in [0.25, 0.3) is 11.4 Å². The molecule has 0 radical (unpaired) electrons. The molecule has 1 fully saturated rings. The largest absolute Gasteiger partial charge is 0.490 e. The van der Waals surface area contributed by atoms with Crippen molar-refractivity contribution in [2.24, 2.45) is 0 Å². The van der Waals surface area contributed by atoms with E-state index in [1.165, 1.54) is 34.7 Å². The Labute approximate surface area is 293 Å². The molecule has 0 saturated carbocycles. The van der Waals surface area contributed by atoms with Gasteiger partial charge in [-0.05, 0) is 39.7 Å². The number of aryl methyl sites for hydroxylation is 2. The van der Waals surface area contributed by atoms with Crippen molar-refractivity contribution in [1.29, 1.82) is 0 Å². The van der Waals surface area contributed by atoms with Gasteiger partial charge in [0.1, 0.15) is 18.3 Å². The normalized spacial score (nSPS) is 20.5. The summed E-state index contributed by atoms with van der Waals surface area (Å²) < 4.78 is 59.9. The number of hydrogen-bond donors (Lipinski definition) is 5. The fourth-order valence-electron chi connectivity index (χ4n) is 4.45. The molecule has 25 heteroatoms. The number of benzene rings is 1. The van der Waals surface area contributed by atoms with Gasteiger partial charge in [-0.2, -0.15) is 8.62 Å². The fraction of sp³-hybridized carbons (Fsp3) is 0.520. The molecule has 3 heterocycles. The quantitative estimate of drug-likeness (QED) is 0.0600. The third kappa shape index (κ3) is 12.8. The molecule has 1 saturated heterocycles. The first kappa shape index (κ1) is 42.3. The number of nitrogens with one attached hydrogen (secondary N) is 1.